The second-order valence-corrected chi connectivity index (χ2v) is 8.31. The van der Waals surface area contributed by atoms with Crippen LogP contribution < -0.4 is 10.4 Å². The van der Waals surface area contributed by atoms with Gasteiger partial charge < -0.3 is 9.26 Å². The van der Waals surface area contributed by atoms with Gasteiger partial charge >= 0.3 is 5.69 Å². The molecule has 2 aromatic heterocycles. The Balaban J connectivity index is 1.96. The number of aromatic nitrogens is 3. The van der Waals surface area contributed by atoms with Gasteiger partial charge in [0.25, 0.3) is 0 Å². The Bertz CT molecular complexity index is 1130. The van der Waals surface area contributed by atoms with E-state index in [1.807, 2.05) is 0 Å². The molecule has 0 atom stereocenters. The first-order valence-electron chi connectivity index (χ1n) is 7.52. The molecule has 0 amide bonds. The van der Waals surface area contributed by atoms with E-state index >= 15 is 0 Å². The standard InChI is InChI=1S/C15H17BrN4O5S/c1-19-12-4-10(16)14(5-13(12)20(2)15(19)21)26(22,23)17-6-9-7-25-18-11(9)8-24-3/h4-5,7,17H,6,8H2,1-3H3. The first-order chi connectivity index (χ1) is 12.3. The Morgan fingerprint density at radius 1 is 1.27 bits per heavy atom. The predicted molar refractivity (Wildman–Crippen MR) is 97.1 cm³/mol. The first-order valence-corrected chi connectivity index (χ1v) is 9.79. The molecular formula is C15H17BrN4O5S. The Labute approximate surface area is 157 Å². The van der Waals surface area contributed by atoms with Crippen LogP contribution in [0, 0.1) is 0 Å². The predicted octanol–water partition coefficient (Wildman–Crippen LogP) is 1.25. The monoisotopic (exact) mass is 444 g/mol. The zero-order chi connectivity index (χ0) is 19.1. The van der Waals surface area contributed by atoms with Crippen LogP contribution in [-0.4, -0.2) is 29.8 Å². The summed E-state index contributed by atoms with van der Waals surface area (Å²) in [5.41, 5.74) is 2.02. The van der Waals surface area contributed by atoms with E-state index in [1.165, 1.54) is 28.6 Å². The number of halogens is 1. The fourth-order valence-corrected chi connectivity index (χ4v) is 4.69. The van der Waals surface area contributed by atoms with E-state index in [4.69, 9.17) is 9.26 Å². The van der Waals surface area contributed by atoms with Crippen LogP contribution in [0.3, 0.4) is 0 Å². The van der Waals surface area contributed by atoms with Gasteiger partial charge in [-0.2, -0.15) is 0 Å². The minimum absolute atomic E-state index is 0.00270. The van der Waals surface area contributed by atoms with Crippen molar-refractivity contribution >= 4 is 37.0 Å². The largest absolute Gasteiger partial charge is 0.378 e. The van der Waals surface area contributed by atoms with Crippen LogP contribution in [0.25, 0.3) is 11.0 Å². The number of hydrogen-bond donors (Lipinski definition) is 1. The van der Waals surface area contributed by atoms with Gasteiger partial charge in [0.15, 0.2) is 0 Å². The van der Waals surface area contributed by atoms with Crippen molar-refractivity contribution in [3.05, 3.63) is 44.6 Å². The van der Waals surface area contributed by atoms with Gasteiger partial charge in [0.1, 0.15) is 12.0 Å². The molecule has 26 heavy (non-hydrogen) atoms. The van der Waals surface area contributed by atoms with Crippen LogP contribution >= 0.6 is 15.9 Å². The highest BCUT2D eigenvalue weighted by Crippen LogP contribution is 2.27. The molecule has 0 aliphatic heterocycles. The number of benzene rings is 1. The Kier molecular flexibility index (Phi) is 5.06. The van der Waals surface area contributed by atoms with Gasteiger partial charge in [-0.1, -0.05) is 5.16 Å². The third kappa shape index (κ3) is 3.22. The van der Waals surface area contributed by atoms with E-state index in [1.54, 1.807) is 20.2 Å². The van der Waals surface area contributed by atoms with E-state index in [0.29, 0.717) is 26.8 Å². The molecule has 0 unspecified atom stereocenters. The smallest absolute Gasteiger partial charge is 0.328 e. The maximum absolute atomic E-state index is 12.7. The summed E-state index contributed by atoms with van der Waals surface area (Å²) in [6, 6.07) is 3.08. The lowest BCUT2D eigenvalue weighted by atomic mass is 10.2. The summed E-state index contributed by atoms with van der Waals surface area (Å²) >= 11 is 3.28. The highest BCUT2D eigenvalue weighted by Gasteiger charge is 2.22. The highest BCUT2D eigenvalue weighted by atomic mass is 79.9. The van der Waals surface area contributed by atoms with Crippen LogP contribution in [0.4, 0.5) is 0 Å². The van der Waals surface area contributed by atoms with Crippen molar-refractivity contribution in [2.24, 2.45) is 14.1 Å². The zero-order valence-electron chi connectivity index (χ0n) is 14.3. The van der Waals surface area contributed by atoms with E-state index in [9.17, 15) is 13.2 Å². The molecule has 11 heteroatoms. The molecule has 3 rings (SSSR count). The number of nitrogens with zero attached hydrogens (tertiary/aromatic N) is 3. The lowest BCUT2D eigenvalue weighted by molar-refractivity contribution is 0.176. The number of aryl methyl sites for hydroxylation is 2. The molecule has 1 N–H and O–H groups in total. The van der Waals surface area contributed by atoms with Gasteiger partial charge in [-0.3, -0.25) is 9.13 Å². The molecule has 0 fully saturated rings. The first kappa shape index (κ1) is 18.8. The minimum Gasteiger partial charge on any atom is -0.378 e. The fraction of sp³-hybridized carbons (Fsp3) is 0.333. The number of fused-ring (bicyclic) bond motifs is 1. The molecule has 9 nitrogen and oxygen atoms in total. The van der Waals surface area contributed by atoms with Crippen LogP contribution in [0.2, 0.25) is 0 Å². The zero-order valence-corrected chi connectivity index (χ0v) is 16.7. The number of nitrogens with one attached hydrogen (secondary N) is 1. The number of rotatable bonds is 6. The van der Waals surface area contributed by atoms with E-state index in [2.05, 4.69) is 25.8 Å². The van der Waals surface area contributed by atoms with E-state index < -0.39 is 10.0 Å². The fourth-order valence-electron chi connectivity index (χ4n) is 2.64. The van der Waals surface area contributed by atoms with Crippen LogP contribution in [-0.2, 0) is 42.0 Å². The molecule has 0 spiro atoms. The molecule has 3 aromatic rings. The molecule has 0 aliphatic carbocycles. The molecule has 0 aliphatic rings. The van der Waals surface area contributed by atoms with Crippen molar-refractivity contribution in [2.45, 2.75) is 18.0 Å². The SMILES string of the molecule is COCc1nocc1CNS(=O)(=O)c1cc2c(cc1Br)n(C)c(=O)n2C. The summed E-state index contributed by atoms with van der Waals surface area (Å²) in [7, 11) is 0.896. The Hall–Kier alpha value is -1.95. The number of ether oxygens (including phenoxy) is 1. The quantitative estimate of drug-likeness (QED) is 0.612. The molecule has 0 bridgehead atoms. The molecular weight excluding hydrogens is 428 g/mol. The number of imidazole rings is 1. The summed E-state index contributed by atoms with van der Waals surface area (Å²) in [4.78, 5) is 12.1. The normalized spacial score (nSPS) is 12.2. The van der Waals surface area contributed by atoms with Crippen molar-refractivity contribution < 1.29 is 17.7 Å². The molecule has 0 saturated carbocycles. The number of sulfonamides is 1. The average Bonchev–Trinajstić information content (AvgIpc) is 3.12. The van der Waals surface area contributed by atoms with Crippen molar-refractivity contribution in [1.29, 1.82) is 0 Å². The summed E-state index contributed by atoms with van der Waals surface area (Å²) in [6.07, 6.45) is 1.37. The van der Waals surface area contributed by atoms with Gasteiger partial charge in [0.05, 0.1) is 22.5 Å². The van der Waals surface area contributed by atoms with E-state index in [-0.39, 0.29) is 23.7 Å². The van der Waals surface area contributed by atoms with Crippen LogP contribution in [0.5, 0.6) is 0 Å². The van der Waals surface area contributed by atoms with Crippen molar-refractivity contribution in [1.82, 2.24) is 19.0 Å². The lowest BCUT2D eigenvalue weighted by Gasteiger charge is -2.09. The average molecular weight is 445 g/mol. The maximum atomic E-state index is 12.7. The number of methoxy groups -OCH3 is 1. The summed E-state index contributed by atoms with van der Waals surface area (Å²) < 4.78 is 41.1. The van der Waals surface area contributed by atoms with Crippen LogP contribution in [0.15, 0.2) is 37.1 Å². The number of hydrogen-bond acceptors (Lipinski definition) is 6. The second kappa shape index (κ2) is 6.99. The van der Waals surface area contributed by atoms with Gasteiger partial charge in [-0.05, 0) is 28.1 Å². The second-order valence-electron chi connectivity index (χ2n) is 5.72. The molecule has 0 radical (unpaired) electrons. The van der Waals surface area contributed by atoms with Gasteiger partial charge in [0.2, 0.25) is 10.0 Å². The van der Waals surface area contributed by atoms with Crippen molar-refractivity contribution in [3.8, 4) is 0 Å². The summed E-state index contributed by atoms with van der Waals surface area (Å²) in [5.74, 6) is 0. The highest BCUT2D eigenvalue weighted by molar-refractivity contribution is 9.10. The molecule has 0 saturated heterocycles. The lowest BCUT2D eigenvalue weighted by Crippen LogP contribution is -2.24. The van der Waals surface area contributed by atoms with Crippen LogP contribution in [0.1, 0.15) is 11.3 Å². The Morgan fingerprint density at radius 2 is 1.92 bits per heavy atom. The van der Waals surface area contributed by atoms with Gasteiger partial charge in [0, 0.05) is 37.8 Å². The molecule has 140 valence electrons. The topological polar surface area (TPSA) is 108 Å². The molecule has 2 heterocycles. The van der Waals surface area contributed by atoms with Crippen molar-refractivity contribution in [2.75, 3.05) is 7.11 Å². The minimum atomic E-state index is -3.84. The third-order valence-corrected chi connectivity index (χ3v) is 6.44. The van der Waals surface area contributed by atoms with Gasteiger partial charge in [-0.15, -0.1) is 0 Å². The third-order valence-electron chi connectivity index (χ3n) is 4.08. The van der Waals surface area contributed by atoms with Crippen molar-refractivity contribution in [3.63, 3.8) is 0 Å². The Morgan fingerprint density at radius 3 is 2.58 bits per heavy atom. The van der Waals surface area contributed by atoms with Gasteiger partial charge in [-0.25, -0.2) is 17.9 Å². The molecule has 1 aromatic carbocycles. The summed E-state index contributed by atoms with van der Waals surface area (Å²) in [5, 5.41) is 3.78. The summed E-state index contributed by atoms with van der Waals surface area (Å²) in [6.45, 7) is 0.220. The maximum Gasteiger partial charge on any atom is 0.328 e. The van der Waals surface area contributed by atoms with E-state index in [0.717, 1.165) is 0 Å².